The summed E-state index contributed by atoms with van der Waals surface area (Å²) >= 11 is 0. The van der Waals surface area contributed by atoms with Crippen LogP contribution in [0.25, 0.3) is 11.3 Å². The fourth-order valence-electron chi connectivity index (χ4n) is 2.16. The van der Waals surface area contributed by atoms with Crippen molar-refractivity contribution in [3.63, 3.8) is 0 Å². The highest BCUT2D eigenvalue weighted by atomic mass is 19.1. The standard InChI is InChI=1S/C15H17FN8/c1-4-24-14(16)11(8-20-24)7-18-22-15-17-6-5-13(21-15)12-9-19-23(3)10(12)2/h5-9H,4H2,1-3H3,(H,17,21,22)/b18-7+. The Labute approximate surface area is 138 Å². The number of aromatic nitrogens is 6. The molecule has 124 valence electrons. The zero-order chi connectivity index (χ0) is 17.1. The van der Waals surface area contributed by atoms with E-state index in [1.807, 2.05) is 20.9 Å². The average Bonchev–Trinajstić information content (AvgIpc) is 3.11. The number of hydrogen-bond donors (Lipinski definition) is 1. The summed E-state index contributed by atoms with van der Waals surface area (Å²) < 4.78 is 16.9. The molecule has 3 aromatic heterocycles. The van der Waals surface area contributed by atoms with Gasteiger partial charge in [0.1, 0.15) is 0 Å². The molecule has 0 bridgehead atoms. The molecule has 3 heterocycles. The largest absolute Gasteiger partial charge is 0.272 e. The molecule has 9 heteroatoms. The first-order valence-corrected chi connectivity index (χ1v) is 7.42. The van der Waals surface area contributed by atoms with Gasteiger partial charge in [-0.05, 0) is 19.9 Å². The summed E-state index contributed by atoms with van der Waals surface area (Å²) in [6, 6.07) is 1.80. The zero-order valence-electron chi connectivity index (χ0n) is 13.6. The SMILES string of the molecule is CCn1ncc(/C=N/Nc2nccc(-c3cnn(C)c3C)n2)c1F. The summed E-state index contributed by atoms with van der Waals surface area (Å²) in [7, 11) is 1.87. The summed E-state index contributed by atoms with van der Waals surface area (Å²) in [5.41, 5.74) is 5.65. The van der Waals surface area contributed by atoms with Crippen LogP contribution in [0.15, 0.2) is 29.8 Å². The molecular weight excluding hydrogens is 311 g/mol. The lowest BCUT2D eigenvalue weighted by atomic mass is 10.2. The van der Waals surface area contributed by atoms with Crippen molar-refractivity contribution in [2.24, 2.45) is 12.1 Å². The second kappa shape index (κ2) is 6.57. The van der Waals surface area contributed by atoms with Crippen LogP contribution in [0.5, 0.6) is 0 Å². The van der Waals surface area contributed by atoms with Gasteiger partial charge in [-0.3, -0.25) is 4.68 Å². The van der Waals surface area contributed by atoms with Crippen LogP contribution in [0, 0.1) is 12.9 Å². The molecule has 24 heavy (non-hydrogen) atoms. The summed E-state index contributed by atoms with van der Waals surface area (Å²) in [6.07, 6.45) is 6.14. The van der Waals surface area contributed by atoms with Gasteiger partial charge >= 0.3 is 0 Å². The number of nitrogens with one attached hydrogen (secondary N) is 1. The van der Waals surface area contributed by atoms with Crippen LogP contribution in [0.1, 0.15) is 18.2 Å². The van der Waals surface area contributed by atoms with Crippen molar-refractivity contribution in [2.45, 2.75) is 20.4 Å². The third kappa shape index (κ3) is 3.00. The minimum atomic E-state index is -0.427. The molecule has 0 atom stereocenters. The molecule has 0 saturated heterocycles. The highest BCUT2D eigenvalue weighted by molar-refractivity contribution is 5.79. The monoisotopic (exact) mass is 328 g/mol. The summed E-state index contributed by atoms with van der Waals surface area (Å²) in [5, 5.41) is 12.1. The molecule has 8 nitrogen and oxygen atoms in total. The van der Waals surface area contributed by atoms with Crippen molar-refractivity contribution in [3.05, 3.63) is 41.9 Å². The van der Waals surface area contributed by atoms with Gasteiger partial charge in [0.05, 0.1) is 29.9 Å². The van der Waals surface area contributed by atoms with Gasteiger partial charge in [-0.1, -0.05) is 0 Å². The van der Waals surface area contributed by atoms with E-state index in [1.165, 1.54) is 17.1 Å². The molecule has 0 fully saturated rings. The maximum atomic E-state index is 13.8. The van der Waals surface area contributed by atoms with E-state index in [9.17, 15) is 4.39 Å². The normalized spacial score (nSPS) is 11.3. The Morgan fingerprint density at radius 2 is 2.17 bits per heavy atom. The number of nitrogens with zero attached hydrogens (tertiary/aromatic N) is 7. The van der Waals surface area contributed by atoms with Crippen LogP contribution in [0.2, 0.25) is 0 Å². The molecule has 0 spiro atoms. The zero-order valence-corrected chi connectivity index (χ0v) is 13.6. The van der Waals surface area contributed by atoms with E-state index in [2.05, 4.69) is 30.7 Å². The molecule has 1 N–H and O–H groups in total. The van der Waals surface area contributed by atoms with Crippen LogP contribution in [0.4, 0.5) is 10.3 Å². The Morgan fingerprint density at radius 3 is 2.83 bits per heavy atom. The third-order valence-corrected chi connectivity index (χ3v) is 3.64. The van der Waals surface area contributed by atoms with Crippen LogP contribution in [0.3, 0.4) is 0 Å². The Balaban J connectivity index is 1.76. The highest BCUT2D eigenvalue weighted by Crippen LogP contribution is 2.20. The van der Waals surface area contributed by atoms with E-state index in [0.717, 1.165) is 17.0 Å². The molecule has 0 amide bonds. The van der Waals surface area contributed by atoms with Gasteiger partial charge in [-0.2, -0.15) is 19.7 Å². The number of hydrogen-bond acceptors (Lipinski definition) is 6. The fraction of sp³-hybridized carbons (Fsp3) is 0.267. The van der Waals surface area contributed by atoms with Gasteiger partial charge in [0, 0.05) is 31.0 Å². The van der Waals surface area contributed by atoms with E-state index in [-0.39, 0.29) is 0 Å². The van der Waals surface area contributed by atoms with E-state index >= 15 is 0 Å². The van der Waals surface area contributed by atoms with Crippen molar-refractivity contribution in [1.29, 1.82) is 0 Å². The molecule has 3 aromatic rings. The third-order valence-electron chi connectivity index (χ3n) is 3.64. The number of hydrazone groups is 1. The van der Waals surface area contributed by atoms with Gasteiger partial charge in [0.15, 0.2) is 0 Å². The molecule has 0 aliphatic rings. The lowest BCUT2D eigenvalue weighted by molar-refractivity contribution is 0.470. The van der Waals surface area contributed by atoms with Crippen molar-refractivity contribution < 1.29 is 4.39 Å². The predicted molar refractivity (Wildman–Crippen MR) is 88.0 cm³/mol. The summed E-state index contributed by atoms with van der Waals surface area (Å²) in [4.78, 5) is 8.49. The average molecular weight is 328 g/mol. The minimum absolute atomic E-state index is 0.295. The first-order valence-electron chi connectivity index (χ1n) is 7.42. The molecule has 0 aliphatic heterocycles. The second-order valence-corrected chi connectivity index (χ2v) is 5.11. The molecule has 0 aromatic carbocycles. The van der Waals surface area contributed by atoms with Gasteiger partial charge in [-0.15, -0.1) is 0 Å². The van der Waals surface area contributed by atoms with Gasteiger partial charge in [0.2, 0.25) is 11.9 Å². The lowest BCUT2D eigenvalue weighted by Gasteiger charge is -2.02. The fourth-order valence-corrected chi connectivity index (χ4v) is 2.16. The van der Waals surface area contributed by atoms with Crippen molar-refractivity contribution in [2.75, 3.05) is 5.43 Å². The maximum absolute atomic E-state index is 13.8. The molecule has 0 unspecified atom stereocenters. The van der Waals surface area contributed by atoms with E-state index in [1.54, 1.807) is 23.1 Å². The first kappa shape index (κ1) is 15.8. The van der Waals surface area contributed by atoms with Gasteiger partial charge < -0.3 is 0 Å². The van der Waals surface area contributed by atoms with Crippen LogP contribution >= 0.6 is 0 Å². The van der Waals surface area contributed by atoms with Crippen LogP contribution in [-0.2, 0) is 13.6 Å². The van der Waals surface area contributed by atoms with Crippen LogP contribution in [-0.4, -0.2) is 35.7 Å². The topological polar surface area (TPSA) is 85.8 Å². The van der Waals surface area contributed by atoms with Gasteiger partial charge in [-0.25, -0.2) is 20.1 Å². The summed E-state index contributed by atoms with van der Waals surface area (Å²) in [6.45, 7) is 4.24. The van der Waals surface area contributed by atoms with E-state index in [4.69, 9.17) is 0 Å². The number of halogens is 1. The smallest absolute Gasteiger partial charge is 0.244 e. The second-order valence-electron chi connectivity index (χ2n) is 5.11. The Hall–Kier alpha value is -3.10. The highest BCUT2D eigenvalue weighted by Gasteiger charge is 2.09. The summed E-state index contributed by atoms with van der Waals surface area (Å²) in [5.74, 6) is -0.112. The predicted octanol–water partition coefficient (Wildman–Crippen LogP) is 1.99. The van der Waals surface area contributed by atoms with E-state index in [0.29, 0.717) is 18.1 Å². The maximum Gasteiger partial charge on any atom is 0.244 e. The van der Waals surface area contributed by atoms with Crippen molar-refractivity contribution in [1.82, 2.24) is 29.5 Å². The number of anilines is 1. The van der Waals surface area contributed by atoms with Crippen molar-refractivity contribution in [3.8, 4) is 11.3 Å². The first-order chi connectivity index (χ1) is 11.6. The molecule has 3 rings (SSSR count). The quantitative estimate of drug-likeness (QED) is 0.572. The molecule has 0 aliphatic carbocycles. The number of rotatable bonds is 5. The molecular formula is C15H17FN8. The lowest BCUT2D eigenvalue weighted by Crippen LogP contribution is -2.01. The van der Waals surface area contributed by atoms with Crippen molar-refractivity contribution >= 4 is 12.2 Å². The molecule has 0 radical (unpaired) electrons. The molecule has 0 saturated carbocycles. The van der Waals surface area contributed by atoms with E-state index < -0.39 is 5.95 Å². The minimum Gasteiger partial charge on any atom is -0.272 e. The van der Waals surface area contributed by atoms with Gasteiger partial charge in [0.25, 0.3) is 0 Å². The Bertz CT molecular complexity index is 879. The Kier molecular flexibility index (Phi) is 4.32. The van der Waals surface area contributed by atoms with Crippen LogP contribution < -0.4 is 5.43 Å². The Morgan fingerprint density at radius 1 is 1.33 bits per heavy atom. The number of aryl methyl sites for hydroxylation is 2.